The van der Waals surface area contributed by atoms with Crippen molar-refractivity contribution in [1.29, 1.82) is 0 Å². The minimum absolute atomic E-state index is 0.462. The van der Waals surface area contributed by atoms with Crippen LogP contribution in [0.4, 0.5) is 18.9 Å². The summed E-state index contributed by atoms with van der Waals surface area (Å²) in [5, 5.41) is 2.32. The molecule has 0 saturated carbocycles. The number of carbonyl (C=O) groups is 1. The molecule has 0 aliphatic carbocycles. The van der Waals surface area contributed by atoms with E-state index in [1.54, 1.807) is 30.3 Å². The van der Waals surface area contributed by atoms with E-state index < -0.39 is 24.9 Å². The van der Waals surface area contributed by atoms with Crippen molar-refractivity contribution in [2.75, 3.05) is 5.32 Å². The van der Waals surface area contributed by atoms with Gasteiger partial charge in [0.2, 0.25) is 5.91 Å². The van der Waals surface area contributed by atoms with Gasteiger partial charge in [-0.3, -0.25) is 4.79 Å². The fourth-order valence-corrected chi connectivity index (χ4v) is 1.000. The molecule has 0 aliphatic rings. The Hall–Kier alpha value is -1.52. The number of carbonyl (C=O) groups excluding carboxylic acids is 1. The van der Waals surface area contributed by atoms with Crippen LogP contribution in [0.1, 0.15) is 6.42 Å². The van der Waals surface area contributed by atoms with Gasteiger partial charge in [-0.1, -0.05) is 18.2 Å². The summed E-state index contributed by atoms with van der Waals surface area (Å²) in [4.78, 5) is 11.0. The van der Waals surface area contributed by atoms with Crippen LogP contribution in [0, 0.1) is 0 Å². The van der Waals surface area contributed by atoms with Gasteiger partial charge in [-0.2, -0.15) is 0 Å². The van der Waals surface area contributed by atoms with Gasteiger partial charge in [0.25, 0.3) is 6.43 Å². The number of rotatable bonds is 4. The smallest absolute Gasteiger partial charge is 0.269 e. The SMILES string of the molecule is O=C(CC(F)C(F)F)Nc1ccccc1. The number of para-hydroxylation sites is 1. The maximum atomic E-state index is 12.5. The van der Waals surface area contributed by atoms with Crippen molar-refractivity contribution >= 4 is 11.6 Å². The molecule has 1 amide bonds. The molecule has 0 radical (unpaired) electrons. The third-order valence-electron chi connectivity index (χ3n) is 1.71. The highest BCUT2D eigenvalue weighted by atomic mass is 19.3. The molecule has 1 aromatic carbocycles. The van der Waals surface area contributed by atoms with E-state index in [9.17, 15) is 18.0 Å². The van der Waals surface area contributed by atoms with Crippen LogP contribution in [0.25, 0.3) is 0 Å². The molecule has 0 fully saturated rings. The Labute approximate surface area is 85.1 Å². The molecule has 0 aliphatic heterocycles. The topological polar surface area (TPSA) is 29.1 Å². The Kier molecular flexibility index (Phi) is 4.15. The zero-order valence-electron chi connectivity index (χ0n) is 7.79. The molecular weight excluding hydrogens is 207 g/mol. The first kappa shape index (κ1) is 11.6. The van der Waals surface area contributed by atoms with Crippen LogP contribution in [-0.2, 0) is 4.79 Å². The highest BCUT2D eigenvalue weighted by Crippen LogP contribution is 2.11. The summed E-state index contributed by atoms with van der Waals surface area (Å²) in [5.41, 5.74) is 0.462. The molecule has 82 valence electrons. The summed E-state index contributed by atoms with van der Waals surface area (Å²) in [7, 11) is 0. The third kappa shape index (κ3) is 4.01. The van der Waals surface area contributed by atoms with Gasteiger partial charge < -0.3 is 5.32 Å². The lowest BCUT2D eigenvalue weighted by molar-refractivity contribution is -0.118. The second-order valence-corrected chi connectivity index (χ2v) is 2.97. The van der Waals surface area contributed by atoms with E-state index in [0.717, 1.165) is 0 Å². The summed E-state index contributed by atoms with van der Waals surface area (Å²) in [6, 6.07) is 8.28. The van der Waals surface area contributed by atoms with Gasteiger partial charge in [-0.15, -0.1) is 0 Å². The lowest BCUT2D eigenvalue weighted by atomic mass is 10.2. The Morgan fingerprint density at radius 3 is 2.33 bits per heavy atom. The molecule has 1 atom stereocenters. The third-order valence-corrected chi connectivity index (χ3v) is 1.71. The van der Waals surface area contributed by atoms with Crippen LogP contribution in [0.2, 0.25) is 0 Å². The van der Waals surface area contributed by atoms with E-state index in [2.05, 4.69) is 5.32 Å². The van der Waals surface area contributed by atoms with Gasteiger partial charge in [0, 0.05) is 5.69 Å². The van der Waals surface area contributed by atoms with Crippen molar-refractivity contribution < 1.29 is 18.0 Å². The fraction of sp³-hybridized carbons (Fsp3) is 0.300. The van der Waals surface area contributed by atoms with Crippen molar-refractivity contribution in [1.82, 2.24) is 0 Å². The number of alkyl halides is 3. The second-order valence-electron chi connectivity index (χ2n) is 2.97. The molecule has 0 bridgehead atoms. The molecule has 1 N–H and O–H groups in total. The van der Waals surface area contributed by atoms with Crippen molar-refractivity contribution in [2.24, 2.45) is 0 Å². The standard InChI is InChI=1S/C10H10F3NO/c11-8(10(12)13)6-9(15)14-7-4-2-1-3-5-7/h1-5,8,10H,6H2,(H,14,15). The Morgan fingerprint density at radius 1 is 1.20 bits per heavy atom. The summed E-state index contributed by atoms with van der Waals surface area (Å²) in [5.74, 6) is -0.756. The summed E-state index contributed by atoms with van der Waals surface area (Å²) >= 11 is 0. The molecule has 0 heterocycles. The zero-order chi connectivity index (χ0) is 11.3. The van der Waals surface area contributed by atoms with Crippen LogP contribution in [0.15, 0.2) is 30.3 Å². The van der Waals surface area contributed by atoms with Gasteiger partial charge in [0.15, 0.2) is 6.17 Å². The maximum Gasteiger partial charge on any atom is 0.269 e. The van der Waals surface area contributed by atoms with E-state index in [1.165, 1.54) is 0 Å². The average molecular weight is 217 g/mol. The van der Waals surface area contributed by atoms with Crippen molar-refractivity contribution in [2.45, 2.75) is 19.0 Å². The predicted octanol–water partition coefficient (Wildman–Crippen LogP) is 2.62. The minimum atomic E-state index is -3.12. The minimum Gasteiger partial charge on any atom is -0.326 e. The van der Waals surface area contributed by atoms with E-state index in [0.29, 0.717) is 5.69 Å². The van der Waals surface area contributed by atoms with Crippen molar-refractivity contribution in [3.63, 3.8) is 0 Å². The number of halogens is 3. The van der Waals surface area contributed by atoms with Crippen LogP contribution in [0.5, 0.6) is 0 Å². The lowest BCUT2D eigenvalue weighted by Crippen LogP contribution is -2.21. The van der Waals surface area contributed by atoms with Gasteiger partial charge in [-0.25, -0.2) is 13.2 Å². The fourth-order valence-electron chi connectivity index (χ4n) is 1.000. The molecule has 5 heteroatoms. The van der Waals surface area contributed by atoms with Crippen LogP contribution < -0.4 is 5.32 Å². The Morgan fingerprint density at radius 2 is 1.80 bits per heavy atom. The molecule has 2 nitrogen and oxygen atoms in total. The monoisotopic (exact) mass is 217 g/mol. The molecule has 0 spiro atoms. The second kappa shape index (κ2) is 5.38. The molecule has 1 unspecified atom stereocenters. The summed E-state index contributed by atoms with van der Waals surface area (Å²) < 4.78 is 36.0. The quantitative estimate of drug-likeness (QED) is 0.825. The largest absolute Gasteiger partial charge is 0.326 e. The highest BCUT2D eigenvalue weighted by molar-refractivity contribution is 5.90. The average Bonchev–Trinajstić information content (AvgIpc) is 2.18. The maximum absolute atomic E-state index is 12.5. The first-order valence-electron chi connectivity index (χ1n) is 4.36. The Bertz CT molecular complexity index is 316. The van der Waals surface area contributed by atoms with Gasteiger partial charge in [-0.05, 0) is 12.1 Å². The van der Waals surface area contributed by atoms with Crippen molar-refractivity contribution in [3.8, 4) is 0 Å². The first-order chi connectivity index (χ1) is 7.09. The summed E-state index contributed by atoms with van der Waals surface area (Å²) in [6.45, 7) is 0. The highest BCUT2D eigenvalue weighted by Gasteiger charge is 2.22. The van der Waals surface area contributed by atoms with E-state index in [4.69, 9.17) is 0 Å². The van der Waals surface area contributed by atoms with Gasteiger partial charge in [0.05, 0.1) is 6.42 Å². The molecular formula is C10H10F3NO. The number of amides is 1. The lowest BCUT2D eigenvalue weighted by Gasteiger charge is -2.07. The van der Waals surface area contributed by atoms with E-state index >= 15 is 0 Å². The van der Waals surface area contributed by atoms with Crippen LogP contribution >= 0.6 is 0 Å². The normalized spacial score (nSPS) is 12.5. The number of benzene rings is 1. The molecule has 0 saturated heterocycles. The first-order valence-corrected chi connectivity index (χ1v) is 4.36. The Balaban J connectivity index is 2.43. The van der Waals surface area contributed by atoms with Gasteiger partial charge in [0.1, 0.15) is 0 Å². The summed E-state index contributed by atoms with van der Waals surface area (Å²) in [6.07, 6.45) is -6.35. The number of anilines is 1. The van der Waals surface area contributed by atoms with Crippen LogP contribution in [-0.4, -0.2) is 18.5 Å². The predicted molar refractivity (Wildman–Crippen MR) is 50.6 cm³/mol. The van der Waals surface area contributed by atoms with Crippen molar-refractivity contribution in [3.05, 3.63) is 30.3 Å². The zero-order valence-corrected chi connectivity index (χ0v) is 7.79. The van der Waals surface area contributed by atoms with E-state index in [-0.39, 0.29) is 0 Å². The molecule has 0 aromatic heterocycles. The molecule has 1 aromatic rings. The van der Waals surface area contributed by atoms with E-state index in [1.807, 2.05) is 0 Å². The molecule has 1 rings (SSSR count). The molecule has 15 heavy (non-hydrogen) atoms. The number of hydrogen-bond acceptors (Lipinski definition) is 1. The number of hydrogen-bond donors (Lipinski definition) is 1. The van der Waals surface area contributed by atoms with Crippen LogP contribution in [0.3, 0.4) is 0 Å². The van der Waals surface area contributed by atoms with Gasteiger partial charge >= 0.3 is 0 Å². The number of nitrogens with one attached hydrogen (secondary N) is 1.